The van der Waals surface area contributed by atoms with E-state index in [0.717, 1.165) is 10.8 Å². The number of nitrogens with two attached hydrogens (primary N) is 1. The Morgan fingerprint density at radius 3 is 2.63 bits per heavy atom. The highest BCUT2D eigenvalue weighted by Gasteiger charge is 2.10. The fourth-order valence-electron chi connectivity index (χ4n) is 1.86. The van der Waals surface area contributed by atoms with Crippen LogP contribution >= 0.6 is 0 Å². The summed E-state index contributed by atoms with van der Waals surface area (Å²) in [5.74, 6) is 1.30. The summed E-state index contributed by atoms with van der Waals surface area (Å²) in [6.07, 6.45) is 3.39. The lowest BCUT2D eigenvalue weighted by Gasteiger charge is -2.11. The highest BCUT2D eigenvalue weighted by molar-refractivity contribution is 6.01. The van der Waals surface area contributed by atoms with Crippen molar-refractivity contribution < 1.29 is 9.47 Å². The van der Waals surface area contributed by atoms with Crippen LogP contribution in [0.1, 0.15) is 12.5 Å². The Balaban J connectivity index is 2.69. The molecule has 0 saturated heterocycles. The van der Waals surface area contributed by atoms with Gasteiger partial charge in [0.05, 0.1) is 13.4 Å². The van der Waals surface area contributed by atoms with Crippen molar-refractivity contribution in [2.24, 2.45) is 5.73 Å². The lowest BCUT2D eigenvalue weighted by molar-refractivity contribution is 0.381. The highest BCUT2D eigenvalue weighted by Crippen LogP contribution is 2.36. The minimum Gasteiger partial charge on any atom is -0.493 e. The monoisotopic (exact) mass is 256 g/mol. The summed E-state index contributed by atoms with van der Waals surface area (Å²) in [6, 6.07) is 9.36. The Bertz CT molecular complexity index is 648. The van der Waals surface area contributed by atoms with Gasteiger partial charge in [-0.3, -0.25) is 5.41 Å². The van der Waals surface area contributed by atoms with Crippen LogP contribution in [0.25, 0.3) is 10.8 Å². The summed E-state index contributed by atoms with van der Waals surface area (Å²) in [5.41, 5.74) is 6.18. The van der Waals surface area contributed by atoms with Crippen molar-refractivity contribution in [3.8, 4) is 11.5 Å². The normalized spacial score (nSPS) is 10.8. The molecule has 4 nitrogen and oxygen atoms in total. The molecule has 0 bridgehead atoms. The summed E-state index contributed by atoms with van der Waals surface area (Å²) in [5, 5.41) is 9.38. The molecule has 0 aliphatic heterocycles. The van der Waals surface area contributed by atoms with E-state index in [9.17, 15) is 0 Å². The van der Waals surface area contributed by atoms with Gasteiger partial charge in [-0.2, -0.15) is 0 Å². The van der Waals surface area contributed by atoms with Crippen molar-refractivity contribution in [3.63, 3.8) is 0 Å². The van der Waals surface area contributed by atoms with Crippen molar-refractivity contribution >= 4 is 16.6 Å². The van der Waals surface area contributed by atoms with Crippen molar-refractivity contribution in [2.45, 2.75) is 6.92 Å². The Kier molecular flexibility index (Phi) is 3.71. The molecule has 0 aromatic heterocycles. The number of nitrogen functional groups attached to an aromatic ring is 1. The number of amidine groups is 1. The number of ether oxygens (including phenoxy) is 2. The third kappa shape index (κ3) is 2.52. The molecule has 0 saturated carbocycles. The van der Waals surface area contributed by atoms with Gasteiger partial charge in [-0.25, -0.2) is 0 Å². The summed E-state index contributed by atoms with van der Waals surface area (Å²) in [7, 11) is 1.60. The Hall–Kier alpha value is -2.49. The number of rotatable bonds is 4. The average Bonchev–Trinajstić information content (AvgIpc) is 2.43. The fraction of sp³-hybridized carbons (Fsp3) is 0.133. The maximum atomic E-state index is 7.51. The van der Waals surface area contributed by atoms with Crippen LogP contribution in [-0.4, -0.2) is 12.9 Å². The first-order valence-electron chi connectivity index (χ1n) is 5.90. The maximum absolute atomic E-state index is 7.51. The molecule has 0 radical (unpaired) electrons. The second kappa shape index (κ2) is 5.44. The molecule has 0 atom stereocenters. The van der Waals surface area contributed by atoms with Crippen molar-refractivity contribution in [2.75, 3.05) is 7.11 Å². The number of nitrogens with one attached hydrogen (secondary N) is 1. The number of methoxy groups -OCH3 is 1. The quantitative estimate of drug-likeness (QED) is 0.502. The number of hydrogen-bond donors (Lipinski definition) is 2. The first kappa shape index (κ1) is 13.0. The molecule has 0 aliphatic rings. The molecule has 0 fully saturated rings. The molecule has 0 heterocycles. The zero-order chi connectivity index (χ0) is 13.8. The lowest BCUT2D eigenvalue weighted by Crippen LogP contribution is -2.10. The van der Waals surface area contributed by atoms with Gasteiger partial charge in [-0.15, -0.1) is 0 Å². The highest BCUT2D eigenvalue weighted by atomic mass is 16.5. The van der Waals surface area contributed by atoms with Gasteiger partial charge in [0.15, 0.2) is 11.5 Å². The molecule has 19 heavy (non-hydrogen) atoms. The smallest absolute Gasteiger partial charge is 0.176 e. The second-order valence-corrected chi connectivity index (χ2v) is 4.03. The molecule has 0 spiro atoms. The third-order valence-corrected chi connectivity index (χ3v) is 2.79. The van der Waals surface area contributed by atoms with Gasteiger partial charge in [-0.05, 0) is 24.4 Å². The Morgan fingerprint density at radius 2 is 2.00 bits per heavy atom. The predicted molar refractivity (Wildman–Crippen MR) is 77.0 cm³/mol. The first-order chi connectivity index (χ1) is 9.17. The zero-order valence-electron chi connectivity index (χ0n) is 10.9. The Labute approximate surface area is 112 Å². The molecule has 2 rings (SSSR count). The molecule has 2 aromatic rings. The van der Waals surface area contributed by atoms with E-state index >= 15 is 0 Å². The number of benzene rings is 2. The molecule has 3 N–H and O–H groups in total. The summed E-state index contributed by atoms with van der Waals surface area (Å²) >= 11 is 0. The lowest BCUT2D eigenvalue weighted by atomic mass is 10.0. The summed E-state index contributed by atoms with van der Waals surface area (Å²) in [4.78, 5) is 0. The predicted octanol–water partition coefficient (Wildman–Crippen LogP) is 3.04. The van der Waals surface area contributed by atoms with Crippen LogP contribution in [0.15, 0.2) is 42.7 Å². The van der Waals surface area contributed by atoms with Gasteiger partial charge < -0.3 is 15.2 Å². The standard InChI is InChI=1S/C15H16N2O2/c1-3-8-19-14-12-9-11(15(16)17)5-4-10(12)6-7-13(14)18-2/h3-9H,1-2H3,(H3,16,17). The zero-order valence-corrected chi connectivity index (χ0v) is 10.9. The van der Waals surface area contributed by atoms with Crippen molar-refractivity contribution in [1.82, 2.24) is 0 Å². The van der Waals surface area contributed by atoms with Gasteiger partial charge in [0.2, 0.25) is 0 Å². The van der Waals surface area contributed by atoms with E-state index in [0.29, 0.717) is 17.1 Å². The molecule has 98 valence electrons. The van der Waals surface area contributed by atoms with E-state index in [4.69, 9.17) is 20.6 Å². The van der Waals surface area contributed by atoms with Crippen molar-refractivity contribution in [3.05, 3.63) is 48.2 Å². The average molecular weight is 256 g/mol. The first-order valence-corrected chi connectivity index (χ1v) is 5.90. The summed E-state index contributed by atoms with van der Waals surface area (Å²) in [6.45, 7) is 1.87. The Morgan fingerprint density at radius 1 is 1.26 bits per heavy atom. The van der Waals surface area contributed by atoms with E-state index in [1.807, 2.05) is 37.3 Å². The maximum Gasteiger partial charge on any atom is 0.176 e. The number of fused-ring (bicyclic) bond motifs is 1. The third-order valence-electron chi connectivity index (χ3n) is 2.79. The van der Waals surface area contributed by atoms with Gasteiger partial charge in [0, 0.05) is 10.9 Å². The molecular formula is C15H16N2O2. The van der Waals surface area contributed by atoms with Crippen LogP contribution in [0.4, 0.5) is 0 Å². The fourth-order valence-corrected chi connectivity index (χ4v) is 1.86. The van der Waals surface area contributed by atoms with Crippen LogP contribution in [-0.2, 0) is 0 Å². The topological polar surface area (TPSA) is 68.3 Å². The molecule has 0 unspecified atom stereocenters. The molecule has 2 aromatic carbocycles. The second-order valence-electron chi connectivity index (χ2n) is 4.03. The van der Waals surface area contributed by atoms with E-state index in [1.165, 1.54) is 0 Å². The van der Waals surface area contributed by atoms with Gasteiger partial charge in [-0.1, -0.05) is 24.3 Å². The number of hydrogen-bond acceptors (Lipinski definition) is 3. The van der Waals surface area contributed by atoms with Crippen LogP contribution in [0.3, 0.4) is 0 Å². The minimum absolute atomic E-state index is 0.0294. The van der Waals surface area contributed by atoms with E-state index < -0.39 is 0 Å². The molecular weight excluding hydrogens is 240 g/mol. The van der Waals surface area contributed by atoms with Gasteiger partial charge in [0.25, 0.3) is 0 Å². The van der Waals surface area contributed by atoms with Crippen LogP contribution in [0.2, 0.25) is 0 Å². The van der Waals surface area contributed by atoms with Crippen LogP contribution in [0.5, 0.6) is 11.5 Å². The molecule has 0 amide bonds. The van der Waals surface area contributed by atoms with E-state index in [1.54, 1.807) is 19.4 Å². The summed E-state index contributed by atoms with van der Waals surface area (Å²) < 4.78 is 10.9. The molecule has 4 heteroatoms. The van der Waals surface area contributed by atoms with Gasteiger partial charge >= 0.3 is 0 Å². The van der Waals surface area contributed by atoms with E-state index in [2.05, 4.69) is 0 Å². The van der Waals surface area contributed by atoms with Crippen LogP contribution < -0.4 is 15.2 Å². The van der Waals surface area contributed by atoms with Gasteiger partial charge in [0.1, 0.15) is 5.84 Å². The SMILES string of the molecule is CC=COc1c(OC)ccc2ccc(C(=N)N)cc12. The van der Waals surface area contributed by atoms with Crippen molar-refractivity contribution in [1.29, 1.82) is 5.41 Å². The van der Waals surface area contributed by atoms with E-state index in [-0.39, 0.29) is 5.84 Å². The largest absolute Gasteiger partial charge is 0.493 e. The minimum atomic E-state index is 0.0294. The number of allylic oxidation sites excluding steroid dienone is 1. The van der Waals surface area contributed by atoms with Crippen LogP contribution in [0, 0.1) is 5.41 Å². The molecule has 0 aliphatic carbocycles.